The second-order valence-electron chi connectivity index (χ2n) is 8.50. The van der Waals surface area contributed by atoms with Crippen LogP contribution in [0.1, 0.15) is 83.2 Å². The van der Waals surface area contributed by atoms with Crippen LogP contribution in [0.2, 0.25) is 0 Å². The summed E-state index contributed by atoms with van der Waals surface area (Å²) in [5, 5.41) is -0.123. The quantitative estimate of drug-likeness (QED) is 0.425. The molecule has 28 heavy (non-hydrogen) atoms. The molecule has 1 aliphatic rings. The molecule has 5 heteroatoms. The fourth-order valence-electron chi connectivity index (χ4n) is 3.35. The zero-order chi connectivity index (χ0) is 20.7. The van der Waals surface area contributed by atoms with Crippen LogP contribution >= 0.6 is 11.8 Å². The van der Waals surface area contributed by atoms with Crippen LogP contribution < -0.4 is 0 Å². The number of carbonyl (C=O) groups excluding carboxylic acids is 2. The molecule has 0 spiro atoms. The second kappa shape index (κ2) is 10.3. The number of rotatable bonds is 8. The standard InChI is InChI=1S/C23H35NO3S/c1-6-8-9-10-20(25)24-19(22(26)27-15-7-2)16-28-21(24)17-11-13-18(14-12-17)23(3,4)5/h11-14,19,21H,6-10,15-16H2,1-5H3/t19-,21+/m0/s1. The predicted molar refractivity (Wildman–Crippen MR) is 116 cm³/mol. The first-order valence-corrected chi connectivity index (χ1v) is 11.5. The minimum Gasteiger partial charge on any atom is -0.464 e. The van der Waals surface area contributed by atoms with Crippen molar-refractivity contribution < 1.29 is 14.3 Å². The first-order valence-electron chi connectivity index (χ1n) is 10.5. The monoisotopic (exact) mass is 405 g/mol. The van der Waals surface area contributed by atoms with Crippen molar-refractivity contribution >= 4 is 23.6 Å². The van der Waals surface area contributed by atoms with E-state index < -0.39 is 6.04 Å². The molecule has 1 aromatic carbocycles. The highest BCUT2D eigenvalue weighted by atomic mass is 32.2. The minimum absolute atomic E-state index is 0.0572. The summed E-state index contributed by atoms with van der Waals surface area (Å²) in [5.41, 5.74) is 2.43. The van der Waals surface area contributed by atoms with Crippen molar-refractivity contribution in [3.8, 4) is 0 Å². The number of amides is 1. The number of thioether (sulfide) groups is 1. The fraction of sp³-hybridized carbons (Fsp3) is 0.652. The third-order valence-corrected chi connectivity index (χ3v) is 6.39. The van der Waals surface area contributed by atoms with Crippen LogP contribution in [0, 0.1) is 0 Å². The zero-order valence-corrected chi connectivity index (χ0v) is 18.8. The summed E-state index contributed by atoms with van der Waals surface area (Å²) >= 11 is 1.66. The summed E-state index contributed by atoms with van der Waals surface area (Å²) in [5.74, 6) is 0.377. The highest BCUT2D eigenvalue weighted by Crippen LogP contribution is 2.42. The summed E-state index contributed by atoms with van der Waals surface area (Å²) in [4.78, 5) is 27.4. The number of hydrogen-bond donors (Lipinski definition) is 0. The van der Waals surface area contributed by atoms with E-state index in [1.165, 1.54) is 5.56 Å². The van der Waals surface area contributed by atoms with Gasteiger partial charge < -0.3 is 9.64 Å². The molecule has 1 fully saturated rings. The Hall–Kier alpha value is -1.49. The van der Waals surface area contributed by atoms with Crippen molar-refractivity contribution in [2.24, 2.45) is 0 Å². The normalized spacial score (nSPS) is 19.7. The van der Waals surface area contributed by atoms with Crippen LogP contribution in [-0.4, -0.2) is 35.2 Å². The first kappa shape index (κ1) is 22.8. The highest BCUT2D eigenvalue weighted by molar-refractivity contribution is 7.99. The molecule has 0 bridgehead atoms. The Kier molecular flexibility index (Phi) is 8.41. The van der Waals surface area contributed by atoms with Gasteiger partial charge in [0.05, 0.1) is 6.61 Å². The third-order valence-electron chi connectivity index (χ3n) is 5.06. The largest absolute Gasteiger partial charge is 0.464 e. The van der Waals surface area contributed by atoms with Gasteiger partial charge in [0.15, 0.2) is 0 Å². The van der Waals surface area contributed by atoms with E-state index in [4.69, 9.17) is 4.74 Å². The second-order valence-corrected chi connectivity index (χ2v) is 9.61. The number of ether oxygens (including phenoxy) is 1. The molecule has 0 aliphatic carbocycles. The Morgan fingerprint density at radius 1 is 1.11 bits per heavy atom. The molecule has 1 saturated heterocycles. The first-order chi connectivity index (χ1) is 13.3. The van der Waals surface area contributed by atoms with Gasteiger partial charge in [-0.1, -0.05) is 71.7 Å². The Balaban J connectivity index is 2.23. The van der Waals surface area contributed by atoms with Crippen molar-refractivity contribution in [2.75, 3.05) is 12.4 Å². The summed E-state index contributed by atoms with van der Waals surface area (Å²) < 4.78 is 5.38. The van der Waals surface area contributed by atoms with Gasteiger partial charge in [-0.3, -0.25) is 4.79 Å². The smallest absolute Gasteiger partial charge is 0.329 e. The molecule has 1 heterocycles. The molecule has 2 atom stereocenters. The molecule has 4 nitrogen and oxygen atoms in total. The van der Waals surface area contributed by atoms with Crippen LogP contribution in [0.4, 0.5) is 0 Å². The van der Waals surface area contributed by atoms with Crippen LogP contribution in [-0.2, 0) is 19.7 Å². The van der Waals surface area contributed by atoms with Gasteiger partial charge in [-0.2, -0.15) is 0 Å². The topological polar surface area (TPSA) is 46.6 Å². The van der Waals surface area contributed by atoms with Gasteiger partial charge in [0, 0.05) is 12.2 Å². The fourth-order valence-corrected chi connectivity index (χ4v) is 4.79. The molecule has 1 aliphatic heterocycles. The van der Waals surface area contributed by atoms with E-state index in [0.29, 0.717) is 18.8 Å². The molecule has 0 radical (unpaired) electrons. The van der Waals surface area contributed by atoms with Gasteiger partial charge in [-0.05, 0) is 29.4 Å². The van der Waals surface area contributed by atoms with E-state index in [9.17, 15) is 9.59 Å². The molecular weight excluding hydrogens is 370 g/mol. The van der Waals surface area contributed by atoms with Gasteiger partial charge in [0.2, 0.25) is 5.91 Å². The highest BCUT2D eigenvalue weighted by Gasteiger charge is 2.42. The van der Waals surface area contributed by atoms with E-state index in [2.05, 4.69) is 52.0 Å². The molecule has 0 aromatic heterocycles. The van der Waals surface area contributed by atoms with E-state index in [1.54, 1.807) is 16.7 Å². The van der Waals surface area contributed by atoms with Crippen molar-refractivity contribution in [1.29, 1.82) is 0 Å². The lowest BCUT2D eigenvalue weighted by atomic mass is 9.86. The number of carbonyl (C=O) groups is 2. The summed E-state index contributed by atoms with van der Waals surface area (Å²) in [6.07, 6.45) is 4.24. The van der Waals surface area contributed by atoms with E-state index in [0.717, 1.165) is 31.2 Å². The molecule has 0 N–H and O–H groups in total. The molecular formula is C23H35NO3S. The van der Waals surface area contributed by atoms with Gasteiger partial charge in [0.25, 0.3) is 0 Å². The SMILES string of the molecule is CCCCCC(=O)N1[C@@H](c2ccc(C(C)(C)C)cc2)SC[C@H]1C(=O)OCCC. The Morgan fingerprint density at radius 2 is 1.79 bits per heavy atom. The number of unbranched alkanes of at least 4 members (excludes halogenated alkanes) is 2. The lowest BCUT2D eigenvalue weighted by Gasteiger charge is -2.29. The maximum absolute atomic E-state index is 13.0. The van der Waals surface area contributed by atoms with Crippen LogP contribution in [0.15, 0.2) is 24.3 Å². The van der Waals surface area contributed by atoms with Crippen LogP contribution in [0.25, 0.3) is 0 Å². The third kappa shape index (κ3) is 5.76. The Morgan fingerprint density at radius 3 is 2.36 bits per heavy atom. The lowest BCUT2D eigenvalue weighted by molar-refractivity contribution is -0.154. The minimum atomic E-state index is -0.488. The molecule has 0 saturated carbocycles. The molecule has 0 unspecified atom stereocenters. The van der Waals surface area contributed by atoms with Gasteiger partial charge in [-0.15, -0.1) is 11.8 Å². The van der Waals surface area contributed by atoms with Crippen LogP contribution in [0.3, 0.4) is 0 Å². The average molecular weight is 406 g/mol. The maximum atomic E-state index is 13.0. The van der Waals surface area contributed by atoms with Crippen LogP contribution in [0.5, 0.6) is 0 Å². The average Bonchev–Trinajstić information content (AvgIpc) is 3.11. The molecule has 1 aromatic rings. The lowest BCUT2D eigenvalue weighted by Crippen LogP contribution is -2.43. The number of benzene rings is 1. The molecule has 156 valence electrons. The predicted octanol–water partition coefficient (Wildman–Crippen LogP) is 5.46. The van der Waals surface area contributed by atoms with Gasteiger partial charge in [0.1, 0.15) is 11.4 Å². The molecule has 2 rings (SSSR count). The van der Waals surface area contributed by atoms with E-state index in [1.807, 2.05) is 6.92 Å². The van der Waals surface area contributed by atoms with Crippen molar-refractivity contribution in [2.45, 2.75) is 83.6 Å². The molecule has 1 amide bonds. The number of esters is 1. The van der Waals surface area contributed by atoms with E-state index in [-0.39, 0.29) is 22.7 Å². The Bertz CT molecular complexity index is 651. The summed E-state index contributed by atoms with van der Waals surface area (Å²) in [6, 6.07) is 7.99. The van der Waals surface area contributed by atoms with Crippen molar-refractivity contribution in [3.63, 3.8) is 0 Å². The number of hydrogen-bond acceptors (Lipinski definition) is 4. The van der Waals surface area contributed by atoms with Crippen molar-refractivity contribution in [1.82, 2.24) is 4.90 Å². The summed E-state index contributed by atoms with van der Waals surface area (Å²) in [7, 11) is 0. The van der Waals surface area contributed by atoms with Gasteiger partial charge >= 0.3 is 5.97 Å². The maximum Gasteiger partial charge on any atom is 0.329 e. The Labute approximate surface area is 174 Å². The van der Waals surface area contributed by atoms with Crippen molar-refractivity contribution in [3.05, 3.63) is 35.4 Å². The summed E-state index contributed by atoms with van der Waals surface area (Å²) in [6.45, 7) is 11.1. The number of nitrogens with zero attached hydrogens (tertiary/aromatic N) is 1. The van der Waals surface area contributed by atoms with Gasteiger partial charge in [-0.25, -0.2) is 4.79 Å². The van der Waals surface area contributed by atoms with E-state index >= 15 is 0 Å². The zero-order valence-electron chi connectivity index (χ0n) is 18.0.